The van der Waals surface area contributed by atoms with Crippen molar-refractivity contribution in [3.05, 3.63) is 35.4 Å². The SMILES string of the molecule is CCCN1C(=O)N2C(OC)c3ccccc3C(Br)C2(OC)C1=O. The molecule has 1 aromatic rings. The highest BCUT2D eigenvalue weighted by Gasteiger charge is 2.66. The first-order valence-electron chi connectivity index (χ1n) is 7.50. The lowest BCUT2D eigenvalue weighted by Gasteiger charge is -2.46. The Labute approximate surface area is 143 Å². The molecule has 3 unspecified atom stereocenters. The van der Waals surface area contributed by atoms with Gasteiger partial charge in [-0.2, -0.15) is 0 Å². The van der Waals surface area contributed by atoms with E-state index < -0.39 is 16.8 Å². The third kappa shape index (κ3) is 2.00. The second-order valence-corrected chi connectivity index (χ2v) is 6.51. The molecule has 0 bridgehead atoms. The maximum Gasteiger partial charge on any atom is 0.331 e. The topological polar surface area (TPSA) is 59.1 Å². The zero-order valence-corrected chi connectivity index (χ0v) is 14.9. The number of halogens is 1. The van der Waals surface area contributed by atoms with E-state index in [9.17, 15) is 9.59 Å². The van der Waals surface area contributed by atoms with Crippen molar-refractivity contribution in [3.8, 4) is 0 Å². The fourth-order valence-electron chi connectivity index (χ4n) is 3.42. The van der Waals surface area contributed by atoms with Gasteiger partial charge in [-0.15, -0.1) is 0 Å². The molecule has 0 radical (unpaired) electrons. The van der Waals surface area contributed by atoms with Crippen molar-refractivity contribution in [1.82, 2.24) is 9.80 Å². The van der Waals surface area contributed by atoms with Crippen molar-refractivity contribution in [3.63, 3.8) is 0 Å². The summed E-state index contributed by atoms with van der Waals surface area (Å²) in [6, 6.07) is 7.21. The molecule has 0 aromatic heterocycles. The molecule has 1 fully saturated rings. The number of carbonyl (C=O) groups excluding carboxylic acids is 2. The quantitative estimate of drug-likeness (QED) is 0.593. The Morgan fingerprint density at radius 3 is 2.43 bits per heavy atom. The molecule has 2 heterocycles. The number of rotatable bonds is 4. The predicted molar refractivity (Wildman–Crippen MR) is 86.8 cm³/mol. The number of hydrogen-bond acceptors (Lipinski definition) is 4. The van der Waals surface area contributed by atoms with Gasteiger partial charge < -0.3 is 9.47 Å². The van der Waals surface area contributed by atoms with Gasteiger partial charge >= 0.3 is 6.03 Å². The number of amides is 3. The molecule has 3 amide bonds. The van der Waals surface area contributed by atoms with Crippen molar-refractivity contribution >= 4 is 27.9 Å². The number of fused-ring (bicyclic) bond motifs is 2. The third-order valence-electron chi connectivity index (χ3n) is 4.44. The Balaban J connectivity index is 2.22. The van der Waals surface area contributed by atoms with E-state index >= 15 is 0 Å². The van der Waals surface area contributed by atoms with Crippen LogP contribution in [0.25, 0.3) is 0 Å². The number of nitrogens with zero attached hydrogens (tertiary/aromatic N) is 2. The molecule has 1 saturated heterocycles. The van der Waals surface area contributed by atoms with Crippen LogP contribution in [0.3, 0.4) is 0 Å². The zero-order chi connectivity index (χ0) is 16.8. The molecule has 23 heavy (non-hydrogen) atoms. The first-order valence-corrected chi connectivity index (χ1v) is 8.42. The van der Waals surface area contributed by atoms with E-state index in [0.717, 1.165) is 11.1 Å². The Bertz CT molecular complexity index is 653. The van der Waals surface area contributed by atoms with E-state index in [1.807, 2.05) is 31.2 Å². The summed E-state index contributed by atoms with van der Waals surface area (Å²) in [6.07, 6.45) is 0.0149. The van der Waals surface area contributed by atoms with E-state index in [0.29, 0.717) is 13.0 Å². The van der Waals surface area contributed by atoms with Crippen molar-refractivity contribution in [2.75, 3.05) is 20.8 Å². The third-order valence-corrected chi connectivity index (χ3v) is 5.56. The van der Waals surface area contributed by atoms with Gasteiger partial charge in [0.15, 0.2) is 6.23 Å². The summed E-state index contributed by atoms with van der Waals surface area (Å²) in [7, 11) is 2.97. The van der Waals surface area contributed by atoms with Crippen LogP contribution in [0.1, 0.15) is 35.5 Å². The maximum absolute atomic E-state index is 13.0. The Morgan fingerprint density at radius 2 is 1.87 bits per heavy atom. The maximum atomic E-state index is 13.0. The zero-order valence-electron chi connectivity index (χ0n) is 13.3. The fourth-order valence-corrected chi connectivity index (χ4v) is 4.44. The summed E-state index contributed by atoms with van der Waals surface area (Å²) >= 11 is 3.59. The van der Waals surface area contributed by atoms with Crippen LogP contribution in [-0.4, -0.2) is 48.2 Å². The molecule has 2 aliphatic rings. The van der Waals surface area contributed by atoms with Crippen LogP contribution in [0.2, 0.25) is 0 Å². The minimum atomic E-state index is -1.43. The van der Waals surface area contributed by atoms with Gasteiger partial charge in [0.2, 0.25) is 5.72 Å². The molecule has 6 nitrogen and oxygen atoms in total. The number of alkyl halides is 1. The summed E-state index contributed by atoms with van der Waals surface area (Å²) < 4.78 is 11.2. The number of methoxy groups -OCH3 is 2. The summed E-state index contributed by atoms with van der Waals surface area (Å²) in [5.74, 6) is -0.356. The van der Waals surface area contributed by atoms with Crippen LogP contribution in [0.4, 0.5) is 4.79 Å². The lowest BCUT2D eigenvalue weighted by molar-refractivity contribution is -0.184. The van der Waals surface area contributed by atoms with Gasteiger partial charge in [0, 0.05) is 26.3 Å². The number of ether oxygens (including phenoxy) is 2. The van der Waals surface area contributed by atoms with E-state index in [4.69, 9.17) is 9.47 Å². The van der Waals surface area contributed by atoms with E-state index in [2.05, 4.69) is 15.9 Å². The molecule has 2 aliphatic heterocycles. The molecule has 124 valence electrons. The van der Waals surface area contributed by atoms with Gasteiger partial charge in [0.1, 0.15) is 0 Å². The molecule has 0 N–H and O–H groups in total. The normalized spacial score (nSPS) is 29.7. The van der Waals surface area contributed by atoms with E-state index in [-0.39, 0.29) is 11.9 Å². The monoisotopic (exact) mass is 382 g/mol. The minimum Gasteiger partial charge on any atom is -0.357 e. The summed E-state index contributed by atoms with van der Waals surface area (Å²) in [4.78, 5) is 28.1. The first kappa shape index (κ1) is 16.4. The number of imide groups is 1. The molecular formula is C16H19BrN2O4. The van der Waals surface area contributed by atoms with E-state index in [1.165, 1.54) is 24.0 Å². The summed E-state index contributed by atoms with van der Waals surface area (Å²) in [5, 5.41) is 0. The van der Waals surface area contributed by atoms with Gasteiger partial charge in [-0.25, -0.2) is 4.79 Å². The van der Waals surface area contributed by atoms with E-state index in [1.54, 1.807) is 0 Å². The highest BCUT2D eigenvalue weighted by molar-refractivity contribution is 9.09. The Hall–Kier alpha value is -1.44. The molecule has 3 atom stereocenters. The van der Waals surface area contributed by atoms with Crippen molar-refractivity contribution in [2.45, 2.75) is 30.1 Å². The number of urea groups is 1. The molecule has 7 heteroatoms. The lowest BCUT2D eigenvalue weighted by atomic mass is 9.90. The van der Waals surface area contributed by atoms with Gasteiger partial charge in [-0.1, -0.05) is 47.1 Å². The first-order chi connectivity index (χ1) is 11.0. The molecule has 0 saturated carbocycles. The van der Waals surface area contributed by atoms with Crippen molar-refractivity contribution in [2.24, 2.45) is 0 Å². The van der Waals surface area contributed by atoms with Gasteiger partial charge in [-0.3, -0.25) is 14.6 Å². The van der Waals surface area contributed by atoms with Crippen LogP contribution >= 0.6 is 15.9 Å². The van der Waals surface area contributed by atoms with Crippen LogP contribution in [0.15, 0.2) is 24.3 Å². The van der Waals surface area contributed by atoms with Crippen LogP contribution in [-0.2, 0) is 14.3 Å². The van der Waals surface area contributed by atoms with Crippen molar-refractivity contribution in [1.29, 1.82) is 0 Å². The molecular weight excluding hydrogens is 364 g/mol. The molecule has 0 spiro atoms. The van der Waals surface area contributed by atoms with Gasteiger partial charge in [-0.05, 0) is 12.0 Å². The largest absolute Gasteiger partial charge is 0.357 e. The minimum absolute atomic E-state index is 0.353. The Kier molecular flexibility index (Phi) is 4.20. The van der Waals surface area contributed by atoms with Gasteiger partial charge in [0.05, 0.1) is 4.83 Å². The Morgan fingerprint density at radius 1 is 1.22 bits per heavy atom. The number of carbonyl (C=O) groups is 2. The highest BCUT2D eigenvalue weighted by atomic mass is 79.9. The highest BCUT2D eigenvalue weighted by Crippen LogP contribution is 2.53. The summed E-state index contributed by atoms with van der Waals surface area (Å²) in [6.45, 7) is 2.28. The van der Waals surface area contributed by atoms with Crippen LogP contribution in [0, 0.1) is 0 Å². The van der Waals surface area contributed by atoms with Crippen LogP contribution < -0.4 is 0 Å². The lowest BCUT2D eigenvalue weighted by Crippen LogP contribution is -2.58. The fraction of sp³-hybridized carbons (Fsp3) is 0.500. The second kappa shape index (κ2) is 5.89. The molecule has 3 rings (SSSR count). The number of benzene rings is 1. The van der Waals surface area contributed by atoms with Crippen LogP contribution in [0.5, 0.6) is 0 Å². The number of hydrogen-bond donors (Lipinski definition) is 0. The average molecular weight is 383 g/mol. The predicted octanol–water partition coefficient (Wildman–Crippen LogP) is 2.80. The second-order valence-electron chi connectivity index (χ2n) is 5.59. The standard InChI is InChI=1S/C16H19BrN2O4/c1-4-9-18-14(20)16(23-3)12(17)10-7-5-6-8-11(10)13(22-2)19(16)15(18)21/h5-8,12-13H,4,9H2,1-3H3. The smallest absolute Gasteiger partial charge is 0.331 e. The average Bonchev–Trinajstić information content (AvgIpc) is 2.79. The molecule has 0 aliphatic carbocycles. The molecule has 1 aromatic carbocycles. The summed E-state index contributed by atoms with van der Waals surface area (Å²) in [5.41, 5.74) is 0.308. The van der Waals surface area contributed by atoms with Gasteiger partial charge in [0.25, 0.3) is 5.91 Å². The van der Waals surface area contributed by atoms with Crippen molar-refractivity contribution < 1.29 is 19.1 Å².